The molecule has 2 heterocycles. The van der Waals surface area contributed by atoms with Gasteiger partial charge in [0.05, 0.1) is 5.69 Å². The van der Waals surface area contributed by atoms with E-state index in [2.05, 4.69) is 27.0 Å². The third kappa shape index (κ3) is 4.48. The average molecular weight is 401 g/mol. The molecule has 0 aliphatic rings. The van der Waals surface area contributed by atoms with Gasteiger partial charge in [0.15, 0.2) is 5.65 Å². The first-order chi connectivity index (χ1) is 12.0. The number of hydrogen-bond acceptors (Lipinski definition) is 3. The van der Waals surface area contributed by atoms with Gasteiger partial charge in [-0.25, -0.2) is 14.4 Å². The molecule has 3 aromatic rings. The summed E-state index contributed by atoms with van der Waals surface area (Å²) in [6.45, 7) is 1.62. The summed E-state index contributed by atoms with van der Waals surface area (Å²) in [7, 11) is 0. The Kier molecular flexibility index (Phi) is 5.53. The zero-order chi connectivity index (χ0) is 17.8. The number of fused-ring (bicyclic) bond motifs is 1. The highest BCUT2D eigenvalue weighted by atomic mass is 79.9. The molecule has 0 aliphatic heterocycles. The summed E-state index contributed by atoms with van der Waals surface area (Å²) in [6, 6.07) is 10.4. The van der Waals surface area contributed by atoms with E-state index in [4.69, 9.17) is 4.98 Å². The van der Waals surface area contributed by atoms with Crippen LogP contribution in [0.4, 0.5) is 4.39 Å². The molecule has 3 nitrogen and oxygen atoms in total. The summed E-state index contributed by atoms with van der Waals surface area (Å²) in [6.07, 6.45) is 4.89. The second-order valence-electron chi connectivity index (χ2n) is 6.11. The van der Waals surface area contributed by atoms with Gasteiger partial charge in [-0.05, 0) is 84.1 Å². The maximum atomic E-state index is 13.3. The van der Waals surface area contributed by atoms with Crippen LogP contribution in [0.3, 0.4) is 0 Å². The molecular weight excluding hydrogens is 383 g/mol. The third-order valence-electron chi connectivity index (χ3n) is 4.06. The Bertz CT molecular complexity index is 909. The van der Waals surface area contributed by atoms with E-state index in [0.29, 0.717) is 12.1 Å². The Hall–Kier alpha value is -2.14. The van der Waals surface area contributed by atoms with Crippen LogP contribution in [-0.2, 0) is 11.2 Å². The molecular formula is C20H18BrFN2O. The van der Waals surface area contributed by atoms with Crippen molar-refractivity contribution in [2.45, 2.75) is 32.6 Å². The molecule has 0 saturated heterocycles. The molecule has 5 heteroatoms. The number of aryl methyl sites for hydroxylation is 1. The fourth-order valence-electron chi connectivity index (χ4n) is 2.82. The average Bonchev–Trinajstić information content (AvgIpc) is 2.58. The lowest BCUT2D eigenvalue weighted by Gasteiger charge is -2.11. The SMILES string of the molecule is CC(=O)CCCCc1cc2cc(Br)cnc2nc1-c1ccc(F)cc1. The number of unbranched alkanes of at least 4 members (excludes halogenated alkanes) is 1. The number of nitrogens with zero attached hydrogens (tertiary/aromatic N) is 2. The Morgan fingerprint density at radius 3 is 2.64 bits per heavy atom. The van der Waals surface area contributed by atoms with Gasteiger partial charge in [0, 0.05) is 28.0 Å². The number of halogens is 2. The number of pyridine rings is 2. The molecule has 0 N–H and O–H groups in total. The zero-order valence-electron chi connectivity index (χ0n) is 13.9. The van der Waals surface area contributed by atoms with E-state index in [1.807, 2.05) is 6.07 Å². The minimum Gasteiger partial charge on any atom is -0.300 e. The largest absolute Gasteiger partial charge is 0.300 e. The molecule has 0 radical (unpaired) electrons. The molecule has 0 saturated carbocycles. The summed E-state index contributed by atoms with van der Waals surface area (Å²) in [5.41, 5.74) is 3.44. The van der Waals surface area contributed by atoms with Crippen molar-refractivity contribution in [1.29, 1.82) is 0 Å². The Morgan fingerprint density at radius 1 is 1.16 bits per heavy atom. The normalized spacial score (nSPS) is 11.0. The highest BCUT2D eigenvalue weighted by molar-refractivity contribution is 9.10. The number of Topliss-reactive ketones (excluding diaryl/α,β-unsaturated/α-hetero) is 1. The monoisotopic (exact) mass is 400 g/mol. The van der Waals surface area contributed by atoms with Crippen LogP contribution in [0.1, 0.15) is 31.7 Å². The smallest absolute Gasteiger partial charge is 0.159 e. The molecule has 3 rings (SSSR count). The summed E-state index contributed by atoms with van der Waals surface area (Å²) in [4.78, 5) is 20.2. The molecule has 1 aromatic carbocycles. The molecule has 0 spiro atoms. The number of aromatic nitrogens is 2. The fourth-order valence-corrected chi connectivity index (χ4v) is 3.17. The van der Waals surface area contributed by atoms with E-state index in [-0.39, 0.29) is 11.6 Å². The van der Waals surface area contributed by atoms with Gasteiger partial charge < -0.3 is 4.79 Å². The van der Waals surface area contributed by atoms with E-state index >= 15 is 0 Å². The highest BCUT2D eigenvalue weighted by Gasteiger charge is 2.11. The number of rotatable bonds is 6. The molecule has 25 heavy (non-hydrogen) atoms. The van der Waals surface area contributed by atoms with Crippen LogP contribution < -0.4 is 0 Å². The van der Waals surface area contributed by atoms with Gasteiger partial charge in [0.2, 0.25) is 0 Å². The van der Waals surface area contributed by atoms with Crippen LogP contribution in [0, 0.1) is 5.82 Å². The first-order valence-electron chi connectivity index (χ1n) is 8.23. The maximum Gasteiger partial charge on any atom is 0.159 e. The topological polar surface area (TPSA) is 42.9 Å². The Balaban J connectivity index is 1.99. The predicted octanol–water partition coefficient (Wildman–Crippen LogP) is 5.50. The molecule has 0 unspecified atom stereocenters. The predicted molar refractivity (Wildman–Crippen MR) is 101 cm³/mol. The quantitative estimate of drug-likeness (QED) is 0.513. The van der Waals surface area contributed by atoms with E-state index < -0.39 is 0 Å². The van der Waals surface area contributed by atoms with Crippen molar-refractivity contribution in [2.75, 3.05) is 0 Å². The van der Waals surface area contributed by atoms with Gasteiger partial charge in [0.1, 0.15) is 11.6 Å². The molecule has 0 atom stereocenters. The van der Waals surface area contributed by atoms with E-state index in [1.54, 1.807) is 25.3 Å². The van der Waals surface area contributed by atoms with Crippen LogP contribution in [0.2, 0.25) is 0 Å². The summed E-state index contributed by atoms with van der Waals surface area (Å²) < 4.78 is 14.2. The van der Waals surface area contributed by atoms with Crippen LogP contribution in [0.25, 0.3) is 22.3 Å². The molecule has 0 bridgehead atoms. The van der Waals surface area contributed by atoms with Crippen molar-refractivity contribution < 1.29 is 9.18 Å². The summed E-state index contributed by atoms with van der Waals surface area (Å²) >= 11 is 3.44. The van der Waals surface area contributed by atoms with Crippen molar-refractivity contribution in [3.63, 3.8) is 0 Å². The van der Waals surface area contributed by atoms with Crippen LogP contribution in [-0.4, -0.2) is 15.8 Å². The van der Waals surface area contributed by atoms with E-state index in [0.717, 1.165) is 45.9 Å². The standard InChI is InChI=1S/C20H18BrFN2O/c1-13(25)4-2-3-5-15-10-16-11-17(21)12-23-20(16)24-19(15)14-6-8-18(22)9-7-14/h6-12H,2-5H2,1H3. The van der Waals surface area contributed by atoms with Gasteiger partial charge in [0.25, 0.3) is 0 Å². The van der Waals surface area contributed by atoms with Gasteiger partial charge >= 0.3 is 0 Å². The number of ketones is 1. The number of hydrogen-bond donors (Lipinski definition) is 0. The molecule has 0 aliphatic carbocycles. The number of carbonyl (C=O) groups excluding carboxylic acids is 1. The van der Waals surface area contributed by atoms with Gasteiger partial charge in [-0.3, -0.25) is 0 Å². The number of benzene rings is 1. The first kappa shape index (κ1) is 17.7. The second kappa shape index (κ2) is 7.83. The van der Waals surface area contributed by atoms with Crippen molar-refractivity contribution in [2.24, 2.45) is 0 Å². The van der Waals surface area contributed by atoms with Crippen LogP contribution >= 0.6 is 15.9 Å². The van der Waals surface area contributed by atoms with Gasteiger partial charge in [-0.15, -0.1) is 0 Å². The highest BCUT2D eigenvalue weighted by Crippen LogP contribution is 2.28. The summed E-state index contributed by atoms with van der Waals surface area (Å²) in [5, 5.41) is 0.960. The molecule has 128 valence electrons. The van der Waals surface area contributed by atoms with Crippen molar-refractivity contribution >= 4 is 32.7 Å². The van der Waals surface area contributed by atoms with Crippen LogP contribution in [0.15, 0.2) is 47.1 Å². The minimum atomic E-state index is -0.269. The molecule has 0 fully saturated rings. The maximum absolute atomic E-state index is 13.3. The third-order valence-corrected chi connectivity index (χ3v) is 4.49. The summed E-state index contributed by atoms with van der Waals surface area (Å²) in [5.74, 6) is -0.0573. The second-order valence-corrected chi connectivity index (χ2v) is 7.03. The Morgan fingerprint density at radius 2 is 1.92 bits per heavy atom. The van der Waals surface area contributed by atoms with Crippen molar-refractivity contribution in [3.8, 4) is 11.3 Å². The van der Waals surface area contributed by atoms with E-state index in [1.165, 1.54) is 12.1 Å². The molecule has 2 aromatic heterocycles. The fraction of sp³-hybridized carbons (Fsp3) is 0.250. The lowest BCUT2D eigenvalue weighted by Crippen LogP contribution is -1.98. The minimum absolute atomic E-state index is 0.212. The Labute approximate surface area is 154 Å². The number of carbonyl (C=O) groups is 1. The zero-order valence-corrected chi connectivity index (χ0v) is 15.5. The lowest BCUT2D eigenvalue weighted by molar-refractivity contribution is -0.117. The molecule has 0 amide bonds. The van der Waals surface area contributed by atoms with E-state index in [9.17, 15) is 9.18 Å². The van der Waals surface area contributed by atoms with Crippen molar-refractivity contribution in [1.82, 2.24) is 9.97 Å². The van der Waals surface area contributed by atoms with Gasteiger partial charge in [-0.2, -0.15) is 0 Å². The first-order valence-corrected chi connectivity index (χ1v) is 9.03. The van der Waals surface area contributed by atoms with Gasteiger partial charge in [-0.1, -0.05) is 0 Å². The lowest BCUT2D eigenvalue weighted by atomic mass is 9.99. The van der Waals surface area contributed by atoms with Crippen molar-refractivity contribution in [3.05, 3.63) is 58.4 Å². The van der Waals surface area contributed by atoms with Crippen LogP contribution in [0.5, 0.6) is 0 Å².